The third-order valence-corrected chi connectivity index (χ3v) is 2.86. The molecule has 0 bridgehead atoms. The van der Waals surface area contributed by atoms with E-state index in [1.165, 1.54) is 4.90 Å². The number of anilines is 1. The van der Waals surface area contributed by atoms with E-state index in [-0.39, 0.29) is 12.5 Å². The van der Waals surface area contributed by atoms with Crippen LogP contribution in [-0.4, -0.2) is 38.0 Å². The molecule has 5 heteroatoms. The number of nitrogens with zero attached hydrogens (tertiary/aromatic N) is 3. The molecule has 0 radical (unpaired) electrons. The molecule has 0 saturated carbocycles. The van der Waals surface area contributed by atoms with E-state index >= 15 is 0 Å². The highest BCUT2D eigenvalue weighted by Gasteiger charge is 2.14. The molecule has 0 aromatic heterocycles. The normalized spacial score (nSPS) is 9.72. The first-order valence-electron chi connectivity index (χ1n) is 5.64. The molecular weight excluding hydrogens is 250 g/mol. The monoisotopic (exact) mass is 265 g/mol. The van der Waals surface area contributed by atoms with Gasteiger partial charge in [0.2, 0.25) is 5.91 Å². The van der Waals surface area contributed by atoms with Crippen LogP contribution >= 0.6 is 11.6 Å². The molecule has 1 amide bonds. The van der Waals surface area contributed by atoms with Gasteiger partial charge in [-0.3, -0.25) is 4.79 Å². The molecule has 0 N–H and O–H groups in total. The van der Waals surface area contributed by atoms with Gasteiger partial charge in [-0.05, 0) is 25.1 Å². The Labute approximate surface area is 112 Å². The summed E-state index contributed by atoms with van der Waals surface area (Å²) in [6.45, 7) is 2.84. The van der Waals surface area contributed by atoms with Gasteiger partial charge in [-0.1, -0.05) is 11.6 Å². The molecule has 1 aromatic rings. The van der Waals surface area contributed by atoms with Crippen molar-refractivity contribution in [3.63, 3.8) is 0 Å². The second-order valence-corrected chi connectivity index (χ2v) is 4.51. The minimum absolute atomic E-state index is 0.00399. The molecule has 0 heterocycles. The van der Waals surface area contributed by atoms with Crippen molar-refractivity contribution < 1.29 is 4.79 Å². The Hall–Kier alpha value is -1.73. The van der Waals surface area contributed by atoms with Gasteiger partial charge in [-0.25, -0.2) is 0 Å². The van der Waals surface area contributed by atoms with E-state index in [9.17, 15) is 4.79 Å². The maximum absolute atomic E-state index is 11.7. The third-order valence-electron chi connectivity index (χ3n) is 2.63. The van der Waals surface area contributed by atoms with Crippen molar-refractivity contribution in [3.05, 3.63) is 28.8 Å². The fourth-order valence-electron chi connectivity index (χ4n) is 1.55. The molecule has 0 fully saturated rings. The number of nitriles is 1. The van der Waals surface area contributed by atoms with Crippen molar-refractivity contribution in [2.75, 3.05) is 32.1 Å². The molecule has 0 atom stereocenters. The van der Waals surface area contributed by atoms with Gasteiger partial charge in [0, 0.05) is 25.7 Å². The minimum atomic E-state index is -0.00399. The molecule has 0 aliphatic rings. The van der Waals surface area contributed by atoms with Crippen LogP contribution < -0.4 is 4.90 Å². The van der Waals surface area contributed by atoms with E-state index in [2.05, 4.69) is 6.07 Å². The van der Waals surface area contributed by atoms with Gasteiger partial charge in [-0.2, -0.15) is 5.26 Å². The second kappa shape index (κ2) is 6.27. The predicted octanol–water partition coefficient (Wildman–Crippen LogP) is 2.13. The Morgan fingerprint density at radius 3 is 2.61 bits per heavy atom. The molecule has 96 valence electrons. The zero-order chi connectivity index (χ0) is 13.7. The fraction of sp³-hybridized carbons (Fsp3) is 0.385. The Morgan fingerprint density at radius 1 is 1.44 bits per heavy atom. The first kappa shape index (κ1) is 14.3. The minimum Gasteiger partial charge on any atom is -0.361 e. The van der Waals surface area contributed by atoms with Crippen LogP contribution in [-0.2, 0) is 4.79 Å². The molecule has 1 aromatic carbocycles. The predicted molar refractivity (Wildman–Crippen MR) is 72.7 cm³/mol. The van der Waals surface area contributed by atoms with Gasteiger partial charge in [0.25, 0.3) is 0 Å². The lowest BCUT2D eigenvalue weighted by molar-refractivity contribution is -0.127. The smallest absolute Gasteiger partial charge is 0.241 e. The van der Waals surface area contributed by atoms with Crippen molar-refractivity contribution in [2.45, 2.75) is 6.92 Å². The number of benzene rings is 1. The van der Waals surface area contributed by atoms with E-state index in [1.807, 2.05) is 11.8 Å². The van der Waals surface area contributed by atoms with E-state index in [0.717, 1.165) is 5.69 Å². The van der Waals surface area contributed by atoms with Crippen molar-refractivity contribution in [3.8, 4) is 6.07 Å². The third kappa shape index (κ3) is 3.38. The van der Waals surface area contributed by atoms with Crippen LogP contribution in [0, 0.1) is 11.3 Å². The molecule has 0 spiro atoms. The maximum Gasteiger partial charge on any atom is 0.241 e. The van der Waals surface area contributed by atoms with Gasteiger partial charge in [0.1, 0.15) is 6.07 Å². The maximum atomic E-state index is 11.7. The number of hydrogen-bond acceptors (Lipinski definition) is 3. The van der Waals surface area contributed by atoms with Gasteiger partial charge in [0.15, 0.2) is 0 Å². The van der Waals surface area contributed by atoms with Crippen LogP contribution in [0.2, 0.25) is 5.02 Å². The SMILES string of the molecule is CCN(CC(=O)N(C)C)c1ccc(Cl)cc1C#N. The quantitative estimate of drug-likeness (QED) is 0.838. The topological polar surface area (TPSA) is 47.3 Å². The Kier molecular flexibility index (Phi) is 4.99. The Balaban J connectivity index is 3.03. The average Bonchev–Trinajstić information content (AvgIpc) is 2.35. The highest BCUT2D eigenvalue weighted by atomic mass is 35.5. The molecule has 1 rings (SSSR count). The lowest BCUT2D eigenvalue weighted by Crippen LogP contribution is -2.36. The number of carbonyl (C=O) groups is 1. The summed E-state index contributed by atoms with van der Waals surface area (Å²) >= 11 is 5.85. The zero-order valence-electron chi connectivity index (χ0n) is 10.8. The van der Waals surface area contributed by atoms with E-state index < -0.39 is 0 Å². The average molecular weight is 266 g/mol. The number of likely N-dealkylation sites (N-methyl/N-ethyl adjacent to an activating group) is 2. The molecule has 0 aliphatic carbocycles. The largest absolute Gasteiger partial charge is 0.361 e. The summed E-state index contributed by atoms with van der Waals surface area (Å²) in [6.07, 6.45) is 0. The second-order valence-electron chi connectivity index (χ2n) is 4.08. The summed E-state index contributed by atoms with van der Waals surface area (Å²) in [5, 5.41) is 9.62. The number of carbonyl (C=O) groups excluding carboxylic acids is 1. The van der Waals surface area contributed by atoms with Gasteiger partial charge in [0.05, 0.1) is 17.8 Å². The number of hydrogen-bond donors (Lipinski definition) is 0. The lowest BCUT2D eigenvalue weighted by Gasteiger charge is -2.25. The van der Waals surface area contributed by atoms with Gasteiger partial charge in [-0.15, -0.1) is 0 Å². The van der Waals surface area contributed by atoms with Crippen LogP contribution in [0.3, 0.4) is 0 Å². The molecular formula is C13H16ClN3O. The highest BCUT2D eigenvalue weighted by molar-refractivity contribution is 6.30. The molecule has 0 unspecified atom stereocenters. The van der Waals surface area contributed by atoms with Crippen LogP contribution in [0.1, 0.15) is 12.5 Å². The van der Waals surface area contributed by atoms with Crippen LogP contribution in [0.5, 0.6) is 0 Å². The molecule has 4 nitrogen and oxygen atoms in total. The van der Waals surface area contributed by atoms with E-state index in [0.29, 0.717) is 17.1 Å². The van der Waals surface area contributed by atoms with Crippen LogP contribution in [0.4, 0.5) is 5.69 Å². The van der Waals surface area contributed by atoms with Crippen molar-refractivity contribution in [1.82, 2.24) is 4.90 Å². The molecule has 0 aliphatic heterocycles. The van der Waals surface area contributed by atoms with E-state index in [1.54, 1.807) is 32.3 Å². The summed E-state index contributed by atoms with van der Waals surface area (Å²) in [4.78, 5) is 15.1. The lowest BCUT2D eigenvalue weighted by atomic mass is 10.1. The van der Waals surface area contributed by atoms with Crippen molar-refractivity contribution >= 4 is 23.2 Å². The Morgan fingerprint density at radius 2 is 2.11 bits per heavy atom. The first-order chi connectivity index (χ1) is 8.49. The standard InChI is InChI=1S/C13H16ClN3O/c1-4-17(9-13(18)16(2)3)12-6-5-11(14)7-10(12)8-15/h5-7H,4,9H2,1-3H3. The highest BCUT2D eigenvalue weighted by Crippen LogP contribution is 2.23. The number of halogens is 1. The van der Waals surface area contributed by atoms with Crippen molar-refractivity contribution in [2.24, 2.45) is 0 Å². The number of amides is 1. The number of rotatable bonds is 4. The Bertz CT molecular complexity index is 480. The summed E-state index contributed by atoms with van der Waals surface area (Å²) < 4.78 is 0. The fourth-order valence-corrected chi connectivity index (χ4v) is 1.72. The summed E-state index contributed by atoms with van der Waals surface area (Å²) in [5.41, 5.74) is 1.22. The summed E-state index contributed by atoms with van der Waals surface area (Å²) in [7, 11) is 3.42. The zero-order valence-corrected chi connectivity index (χ0v) is 11.5. The van der Waals surface area contributed by atoms with Gasteiger partial charge < -0.3 is 9.80 Å². The first-order valence-corrected chi connectivity index (χ1v) is 6.02. The van der Waals surface area contributed by atoms with Crippen LogP contribution in [0.25, 0.3) is 0 Å². The van der Waals surface area contributed by atoms with Crippen molar-refractivity contribution in [1.29, 1.82) is 5.26 Å². The summed E-state index contributed by atoms with van der Waals surface area (Å²) in [6, 6.07) is 7.21. The van der Waals surface area contributed by atoms with E-state index in [4.69, 9.17) is 16.9 Å². The molecule has 18 heavy (non-hydrogen) atoms. The summed E-state index contributed by atoms with van der Waals surface area (Å²) in [5.74, 6) is -0.00399. The van der Waals surface area contributed by atoms with Gasteiger partial charge >= 0.3 is 0 Å². The molecule has 0 saturated heterocycles. The van der Waals surface area contributed by atoms with Crippen LogP contribution in [0.15, 0.2) is 18.2 Å².